The molecule has 192 valence electrons. The highest BCUT2D eigenvalue weighted by Crippen LogP contribution is 2.57. The number of hydrogen-bond acceptors (Lipinski definition) is 7. The molecule has 34 heavy (non-hydrogen) atoms. The van der Waals surface area contributed by atoms with Crippen LogP contribution in [0, 0.1) is 0 Å². The van der Waals surface area contributed by atoms with Gasteiger partial charge in [0.2, 0.25) is 15.7 Å². The van der Waals surface area contributed by atoms with E-state index < -0.39 is 57.4 Å². The molecule has 9 nitrogen and oxygen atoms in total. The fourth-order valence-corrected chi connectivity index (χ4v) is 28.4. The molecule has 3 heterocycles. The lowest BCUT2D eigenvalue weighted by atomic mass is 10.1. The smallest absolute Gasteiger partial charge is 0.330 e. The summed E-state index contributed by atoms with van der Waals surface area (Å²) in [7, 11) is -5.09. The lowest BCUT2D eigenvalue weighted by Crippen LogP contribution is -2.79. The normalized spacial score (nSPS) is 28.0. The molecule has 0 saturated carbocycles. The van der Waals surface area contributed by atoms with Crippen molar-refractivity contribution in [2.24, 2.45) is 0 Å². The van der Waals surface area contributed by atoms with Gasteiger partial charge in [-0.3, -0.25) is 19.1 Å². The fourth-order valence-electron chi connectivity index (χ4n) is 6.48. The molecule has 4 atom stereocenters. The highest BCUT2D eigenvalue weighted by molar-refractivity contribution is 7.39. The van der Waals surface area contributed by atoms with Gasteiger partial charge in [0.15, 0.2) is 6.23 Å². The van der Waals surface area contributed by atoms with Gasteiger partial charge in [-0.1, -0.05) is 55.4 Å². The zero-order chi connectivity index (χ0) is 25.6. The summed E-state index contributed by atoms with van der Waals surface area (Å²) >= 11 is 0. The first kappa shape index (κ1) is 27.1. The Morgan fingerprint density at radius 3 is 1.91 bits per heavy atom. The van der Waals surface area contributed by atoms with Crippen LogP contribution in [0.5, 0.6) is 0 Å². The van der Waals surface area contributed by atoms with E-state index in [1.165, 1.54) is 23.8 Å². The number of rotatable bonds is 7. The first-order valence-corrected chi connectivity index (χ1v) is 17.4. The fraction of sp³-hybridized carbons (Fsp3) is 0.783. The van der Waals surface area contributed by atoms with E-state index in [1.54, 1.807) is 0 Å². The standard InChI is InChI=1S/C23H40N2O7Si2/c1-13(2)33(14(3)4)31-20-18(12-29-17(9)26)30-22(25-11-10-19(27)24-23(25)28)21(20)32-34(33,15(5)6)16(7)8/h10-11,13-16,18,20-22H,12H2,1-9H3,(H,24,27,28)/t18-,20-,21-,22-/m1/s1. The Morgan fingerprint density at radius 2 is 1.47 bits per heavy atom. The first-order valence-electron chi connectivity index (χ1n) is 12.2. The summed E-state index contributed by atoms with van der Waals surface area (Å²) in [4.78, 5) is 38.3. The highest BCUT2D eigenvalue weighted by atomic mass is 29.3. The summed E-state index contributed by atoms with van der Waals surface area (Å²) < 4.78 is 27.6. The minimum atomic E-state index is -2.56. The quantitative estimate of drug-likeness (QED) is 0.440. The van der Waals surface area contributed by atoms with E-state index in [4.69, 9.17) is 18.3 Å². The zero-order valence-corrected chi connectivity index (χ0v) is 23.8. The third-order valence-electron chi connectivity index (χ3n) is 7.57. The van der Waals surface area contributed by atoms with E-state index >= 15 is 0 Å². The van der Waals surface area contributed by atoms with Crippen molar-refractivity contribution < 1.29 is 23.1 Å². The van der Waals surface area contributed by atoms with Crippen LogP contribution in [0.4, 0.5) is 0 Å². The third kappa shape index (κ3) is 4.19. The largest absolute Gasteiger partial charge is 0.463 e. The number of ether oxygens (including phenoxy) is 2. The predicted molar refractivity (Wildman–Crippen MR) is 134 cm³/mol. The van der Waals surface area contributed by atoms with Crippen LogP contribution >= 0.6 is 0 Å². The summed E-state index contributed by atoms with van der Waals surface area (Å²) in [5.74, 6) is -0.411. The number of carbonyl (C=O) groups is 1. The predicted octanol–water partition coefficient (Wildman–Crippen LogP) is 3.39. The lowest BCUT2D eigenvalue weighted by molar-refractivity contribution is -0.147. The van der Waals surface area contributed by atoms with Crippen LogP contribution in [0.15, 0.2) is 21.9 Å². The van der Waals surface area contributed by atoms with Crippen LogP contribution in [0.3, 0.4) is 0 Å². The number of hydrogen-bond donors (Lipinski definition) is 1. The number of carbonyl (C=O) groups excluding carboxylic acids is 1. The van der Waals surface area contributed by atoms with E-state index in [9.17, 15) is 14.4 Å². The Kier molecular flexibility index (Phi) is 7.83. The van der Waals surface area contributed by atoms with E-state index in [1.807, 2.05) is 0 Å². The van der Waals surface area contributed by atoms with Gasteiger partial charge in [0.25, 0.3) is 5.56 Å². The van der Waals surface area contributed by atoms with Crippen molar-refractivity contribution in [1.82, 2.24) is 9.55 Å². The van der Waals surface area contributed by atoms with Gasteiger partial charge < -0.3 is 18.3 Å². The minimum Gasteiger partial charge on any atom is -0.463 e. The van der Waals surface area contributed by atoms with Crippen molar-refractivity contribution in [2.75, 3.05) is 6.61 Å². The van der Waals surface area contributed by atoms with Crippen LogP contribution in [0.25, 0.3) is 0 Å². The molecule has 0 amide bonds. The zero-order valence-electron chi connectivity index (χ0n) is 21.8. The average Bonchev–Trinajstić information content (AvgIpc) is 3.07. The van der Waals surface area contributed by atoms with Crippen molar-refractivity contribution in [1.29, 1.82) is 0 Å². The summed E-state index contributed by atoms with van der Waals surface area (Å²) in [6, 6.07) is 1.29. The van der Waals surface area contributed by atoms with E-state index in [0.717, 1.165) is 0 Å². The van der Waals surface area contributed by atoms with Gasteiger partial charge in [-0.25, -0.2) is 4.79 Å². The van der Waals surface area contributed by atoms with E-state index in [-0.39, 0.29) is 17.7 Å². The van der Waals surface area contributed by atoms with Crippen LogP contribution in [-0.2, 0) is 23.1 Å². The maximum atomic E-state index is 12.7. The minimum absolute atomic E-state index is 0.00699. The number of fused-ring (bicyclic) bond motifs is 1. The second-order valence-corrected chi connectivity index (χ2v) is 23.7. The molecule has 0 radical (unpaired) electrons. The van der Waals surface area contributed by atoms with Crippen LogP contribution in [0.1, 0.15) is 68.5 Å². The molecule has 11 heteroatoms. The molecule has 0 spiro atoms. The Morgan fingerprint density at radius 1 is 0.971 bits per heavy atom. The van der Waals surface area contributed by atoms with Gasteiger partial charge in [0, 0.05) is 19.2 Å². The molecular formula is C23H40N2O7Si2. The molecule has 0 aromatic carbocycles. The van der Waals surface area contributed by atoms with Gasteiger partial charge in [-0.15, -0.1) is 0 Å². The summed E-state index contributed by atoms with van der Waals surface area (Å²) in [5.41, 5.74) is 0.113. The molecule has 3 rings (SSSR count). The lowest BCUT2D eigenvalue weighted by Gasteiger charge is -2.61. The number of nitrogens with zero attached hydrogens (tertiary/aromatic N) is 1. The molecule has 0 bridgehead atoms. The van der Waals surface area contributed by atoms with Gasteiger partial charge in [-0.05, 0) is 22.2 Å². The second-order valence-electron chi connectivity index (χ2n) is 10.8. The van der Waals surface area contributed by atoms with Crippen molar-refractivity contribution in [3.05, 3.63) is 33.1 Å². The van der Waals surface area contributed by atoms with Crippen LogP contribution in [0.2, 0.25) is 22.2 Å². The molecule has 1 aromatic rings. The SMILES string of the molecule is CC(=O)OC[C@H]1O[C@@H](n2ccc(=O)[nH]c2=O)[C@@H]2O[Si](C(C)C)(C(C)C)[Si](C(C)C)(C(C)C)O[C@@H]21. The number of aromatic amines is 1. The first-order chi connectivity index (χ1) is 15.8. The van der Waals surface area contributed by atoms with E-state index in [2.05, 4.69) is 60.4 Å². The highest BCUT2D eigenvalue weighted by Gasteiger charge is 2.72. The van der Waals surface area contributed by atoms with E-state index in [0.29, 0.717) is 11.1 Å². The molecule has 2 aliphatic heterocycles. The molecule has 1 aromatic heterocycles. The summed E-state index contributed by atoms with van der Waals surface area (Å²) in [5, 5.41) is 0. The third-order valence-corrected chi connectivity index (χ3v) is 28.3. The van der Waals surface area contributed by atoms with Gasteiger partial charge in [0.05, 0.1) is 0 Å². The Bertz CT molecular complexity index is 988. The van der Waals surface area contributed by atoms with Crippen LogP contribution in [-0.4, -0.2) is 56.1 Å². The Balaban J connectivity index is 2.20. The van der Waals surface area contributed by atoms with Gasteiger partial charge >= 0.3 is 11.7 Å². The molecule has 2 aliphatic rings. The molecular weight excluding hydrogens is 472 g/mol. The van der Waals surface area contributed by atoms with Gasteiger partial charge in [-0.2, -0.15) is 0 Å². The summed E-state index contributed by atoms with van der Waals surface area (Å²) in [6.45, 7) is 19.2. The van der Waals surface area contributed by atoms with Crippen molar-refractivity contribution >= 4 is 21.6 Å². The molecule has 2 fully saturated rings. The monoisotopic (exact) mass is 512 g/mol. The van der Waals surface area contributed by atoms with Gasteiger partial charge in [0.1, 0.15) is 24.9 Å². The maximum absolute atomic E-state index is 12.7. The molecule has 1 N–H and O–H groups in total. The number of esters is 1. The molecule has 0 aliphatic carbocycles. The maximum Gasteiger partial charge on any atom is 0.330 e. The average molecular weight is 513 g/mol. The van der Waals surface area contributed by atoms with Crippen LogP contribution < -0.4 is 11.2 Å². The number of nitrogens with one attached hydrogen (secondary N) is 1. The topological polar surface area (TPSA) is 109 Å². The van der Waals surface area contributed by atoms with Crippen molar-refractivity contribution in [3.8, 4) is 0 Å². The molecule has 0 unspecified atom stereocenters. The Labute approximate surface area is 203 Å². The Hall–Kier alpha value is -1.54. The molecule has 2 saturated heterocycles. The van der Waals surface area contributed by atoms with Crippen molar-refractivity contribution in [2.45, 2.75) is 109 Å². The van der Waals surface area contributed by atoms with Crippen molar-refractivity contribution in [3.63, 3.8) is 0 Å². The number of aromatic nitrogens is 2. The summed E-state index contributed by atoms with van der Waals surface area (Å²) in [6.07, 6.45) is -1.01. The second kappa shape index (κ2) is 9.84. The number of H-pyrrole nitrogens is 1.